The van der Waals surface area contributed by atoms with Gasteiger partial charge in [0.15, 0.2) is 11.7 Å². The zero-order valence-electron chi connectivity index (χ0n) is 16.0. The summed E-state index contributed by atoms with van der Waals surface area (Å²) in [6, 6.07) is 20.2. The minimum atomic E-state index is -0.661. The van der Waals surface area contributed by atoms with Gasteiger partial charge in [0.1, 0.15) is 11.3 Å². The lowest BCUT2D eigenvalue weighted by Gasteiger charge is -2.16. The van der Waals surface area contributed by atoms with Crippen LogP contribution in [0.2, 0.25) is 5.02 Å². The monoisotopic (exact) mass is 406 g/mol. The number of ether oxygens (including phenoxy) is 1. The average molecular weight is 407 g/mol. The van der Waals surface area contributed by atoms with Crippen molar-refractivity contribution in [2.75, 3.05) is 5.32 Å². The van der Waals surface area contributed by atoms with Crippen molar-refractivity contribution in [3.8, 4) is 17.2 Å². The van der Waals surface area contributed by atoms with Gasteiger partial charge in [-0.3, -0.25) is 4.79 Å². The van der Waals surface area contributed by atoms with Crippen LogP contribution in [0.15, 0.2) is 71.1 Å². The van der Waals surface area contributed by atoms with Gasteiger partial charge in [0.05, 0.1) is 0 Å². The second kappa shape index (κ2) is 7.97. The summed E-state index contributed by atoms with van der Waals surface area (Å²) < 4.78 is 11.5. The number of nitrogens with zero attached hydrogens (tertiary/aromatic N) is 1. The molecule has 0 saturated carbocycles. The van der Waals surface area contributed by atoms with Crippen LogP contribution >= 0.6 is 11.6 Å². The molecule has 0 saturated heterocycles. The molecule has 6 heteroatoms. The SMILES string of the molecule is Cc1cc(Cl)ccc1OC(C)C(=O)Nc1ccc(-c2nc3ccccc3o2)cc1. The number of anilines is 1. The fourth-order valence-corrected chi connectivity index (χ4v) is 3.15. The van der Waals surface area contributed by atoms with E-state index in [2.05, 4.69) is 10.3 Å². The molecule has 0 bridgehead atoms. The lowest BCUT2D eigenvalue weighted by atomic mass is 10.2. The molecule has 5 nitrogen and oxygen atoms in total. The summed E-state index contributed by atoms with van der Waals surface area (Å²) in [7, 11) is 0. The van der Waals surface area contributed by atoms with Gasteiger partial charge in [-0.25, -0.2) is 4.98 Å². The van der Waals surface area contributed by atoms with Gasteiger partial charge >= 0.3 is 0 Å². The van der Waals surface area contributed by atoms with Gasteiger partial charge in [0, 0.05) is 16.3 Å². The normalized spacial score (nSPS) is 12.0. The highest BCUT2D eigenvalue weighted by molar-refractivity contribution is 6.30. The van der Waals surface area contributed by atoms with E-state index in [1.807, 2.05) is 55.5 Å². The molecule has 1 N–H and O–H groups in total. The molecule has 1 unspecified atom stereocenters. The average Bonchev–Trinajstić information content (AvgIpc) is 3.15. The van der Waals surface area contributed by atoms with E-state index >= 15 is 0 Å². The number of hydrogen-bond acceptors (Lipinski definition) is 4. The van der Waals surface area contributed by atoms with Crippen molar-refractivity contribution in [3.63, 3.8) is 0 Å². The van der Waals surface area contributed by atoms with E-state index in [0.717, 1.165) is 22.2 Å². The van der Waals surface area contributed by atoms with Gasteiger partial charge in [0.25, 0.3) is 5.91 Å². The Morgan fingerprint density at radius 1 is 1.10 bits per heavy atom. The first-order valence-electron chi connectivity index (χ1n) is 9.19. The molecule has 29 heavy (non-hydrogen) atoms. The number of para-hydroxylation sites is 2. The van der Waals surface area contributed by atoms with Crippen LogP contribution in [-0.2, 0) is 4.79 Å². The van der Waals surface area contributed by atoms with Crippen molar-refractivity contribution in [2.24, 2.45) is 0 Å². The second-order valence-electron chi connectivity index (χ2n) is 6.72. The van der Waals surface area contributed by atoms with E-state index in [1.165, 1.54) is 0 Å². The minimum Gasteiger partial charge on any atom is -0.481 e. The van der Waals surface area contributed by atoms with E-state index in [1.54, 1.807) is 25.1 Å². The van der Waals surface area contributed by atoms with Gasteiger partial charge < -0.3 is 14.5 Å². The largest absolute Gasteiger partial charge is 0.481 e. The number of rotatable bonds is 5. The van der Waals surface area contributed by atoms with Gasteiger partial charge in [-0.15, -0.1) is 0 Å². The first kappa shape index (κ1) is 19.0. The van der Waals surface area contributed by atoms with Crippen LogP contribution < -0.4 is 10.1 Å². The maximum absolute atomic E-state index is 12.5. The molecule has 0 aliphatic rings. The van der Waals surface area contributed by atoms with E-state index in [0.29, 0.717) is 22.4 Å². The van der Waals surface area contributed by atoms with Crippen molar-refractivity contribution >= 4 is 34.3 Å². The van der Waals surface area contributed by atoms with Crippen molar-refractivity contribution in [2.45, 2.75) is 20.0 Å². The maximum atomic E-state index is 12.5. The molecule has 1 atom stereocenters. The Morgan fingerprint density at radius 3 is 2.59 bits per heavy atom. The summed E-state index contributed by atoms with van der Waals surface area (Å²) in [5.41, 5.74) is 3.92. The Hall–Kier alpha value is -3.31. The number of aryl methyl sites for hydroxylation is 1. The lowest BCUT2D eigenvalue weighted by Crippen LogP contribution is -2.30. The van der Waals surface area contributed by atoms with Crippen LogP contribution in [-0.4, -0.2) is 17.0 Å². The number of carbonyl (C=O) groups excluding carboxylic acids is 1. The molecule has 4 aromatic rings. The number of benzene rings is 3. The summed E-state index contributed by atoms with van der Waals surface area (Å²) in [6.07, 6.45) is -0.661. The molecule has 0 radical (unpaired) electrons. The summed E-state index contributed by atoms with van der Waals surface area (Å²) in [5.74, 6) is 0.927. The number of carbonyl (C=O) groups is 1. The highest BCUT2D eigenvalue weighted by Crippen LogP contribution is 2.26. The fraction of sp³-hybridized carbons (Fsp3) is 0.130. The van der Waals surface area contributed by atoms with Crippen molar-refractivity contribution in [3.05, 3.63) is 77.3 Å². The predicted octanol–water partition coefficient (Wildman–Crippen LogP) is 5.86. The van der Waals surface area contributed by atoms with Gasteiger partial charge in [-0.05, 0) is 74.0 Å². The van der Waals surface area contributed by atoms with E-state index in [9.17, 15) is 4.79 Å². The molecule has 4 rings (SSSR count). The molecule has 0 aliphatic carbocycles. The Morgan fingerprint density at radius 2 is 1.86 bits per heavy atom. The quantitative estimate of drug-likeness (QED) is 0.450. The summed E-state index contributed by atoms with van der Waals surface area (Å²) in [4.78, 5) is 17.0. The van der Waals surface area contributed by atoms with Crippen LogP contribution in [0.1, 0.15) is 12.5 Å². The van der Waals surface area contributed by atoms with Crippen molar-refractivity contribution in [1.29, 1.82) is 0 Å². The molecular weight excluding hydrogens is 388 g/mol. The number of oxazole rings is 1. The number of aromatic nitrogens is 1. The topological polar surface area (TPSA) is 64.4 Å². The molecule has 0 aliphatic heterocycles. The predicted molar refractivity (Wildman–Crippen MR) is 114 cm³/mol. The highest BCUT2D eigenvalue weighted by atomic mass is 35.5. The van der Waals surface area contributed by atoms with Crippen LogP contribution in [0.3, 0.4) is 0 Å². The Labute approximate surface area is 173 Å². The fourth-order valence-electron chi connectivity index (χ4n) is 2.92. The standard InChI is InChI=1S/C23H19ClN2O3/c1-14-13-17(24)9-12-20(14)28-15(2)22(27)25-18-10-7-16(8-11-18)23-26-19-5-3-4-6-21(19)29-23/h3-13,15H,1-2H3,(H,25,27). The number of halogens is 1. The third-order valence-corrected chi connectivity index (χ3v) is 4.74. The molecule has 0 spiro atoms. The Balaban J connectivity index is 1.43. The van der Waals surface area contributed by atoms with Crippen molar-refractivity contribution in [1.82, 2.24) is 4.98 Å². The van der Waals surface area contributed by atoms with Crippen molar-refractivity contribution < 1.29 is 13.9 Å². The van der Waals surface area contributed by atoms with Gasteiger partial charge in [0.2, 0.25) is 5.89 Å². The Kier molecular flexibility index (Phi) is 5.23. The van der Waals surface area contributed by atoms with E-state index < -0.39 is 6.10 Å². The first-order valence-corrected chi connectivity index (χ1v) is 9.57. The van der Waals surface area contributed by atoms with Crippen LogP contribution in [0.25, 0.3) is 22.6 Å². The zero-order valence-corrected chi connectivity index (χ0v) is 16.7. The van der Waals surface area contributed by atoms with Crippen LogP contribution in [0.4, 0.5) is 5.69 Å². The van der Waals surface area contributed by atoms with Crippen LogP contribution in [0, 0.1) is 6.92 Å². The maximum Gasteiger partial charge on any atom is 0.265 e. The van der Waals surface area contributed by atoms with Crippen LogP contribution in [0.5, 0.6) is 5.75 Å². The molecule has 1 aromatic heterocycles. The molecule has 146 valence electrons. The highest BCUT2D eigenvalue weighted by Gasteiger charge is 2.16. The molecule has 0 fully saturated rings. The molecule has 1 amide bonds. The van der Waals surface area contributed by atoms with Gasteiger partial charge in [-0.2, -0.15) is 0 Å². The lowest BCUT2D eigenvalue weighted by molar-refractivity contribution is -0.122. The summed E-state index contributed by atoms with van der Waals surface area (Å²) in [5, 5.41) is 3.49. The van der Waals surface area contributed by atoms with Gasteiger partial charge in [-0.1, -0.05) is 23.7 Å². The number of fused-ring (bicyclic) bond motifs is 1. The molecule has 3 aromatic carbocycles. The summed E-state index contributed by atoms with van der Waals surface area (Å²) >= 11 is 5.96. The summed E-state index contributed by atoms with van der Waals surface area (Å²) in [6.45, 7) is 3.59. The smallest absolute Gasteiger partial charge is 0.265 e. The third-order valence-electron chi connectivity index (χ3n) is 4.50. The first-order chi connectivity index (χ1) is 14.0. The second-order valence-corrected chi connectivity index (χ2v) is 7.16. The molecule has 1 heterocycles. The van der Waals surface area contributed by atoms with E-state index in [-0.39, 0.29) is 5.91 Å². The number of hydrogen-bond donors (Lipinski definition) is 1. The molecular formula is C23H19ClN2O3. The number of nitrogens with one attached hydrogen (secondary N) is 1. The Bertz CT molecular complexity index is 1140. The third kappa shape index (κ3) is 4.25. The van der Waals surface area contributed by atoms with E-state index in [4.69, 9.17) is 20.8 Å². The minimum absolute atomic E-state index is 0.242. The zero-order chi connectivity index (χ0) is 20.4. The number of amides is 1.